The number of benzene rings is 1. The Morgan fingerprint density at radius 2 is 2.12 bits per heavy atom. The van der Waals surface area contributed by atoms with Crippen molar-refractivity contribution in [3.63, 3.8) is 0 Å². The molecule has 1 heterocycles. The first kappa shape index (κ1) is 11.8. The van der Waals surface area contributed by atoms with E-state index in [-0.39, 0.29) is 0 Å². The van der Waals surface area contributed by atoms with Gasteiger partial charge in [0.05, 0.1) is 4.88 Å². The van der Waals surface area contributed by atoms with Gasteiger partial charge in [0.15, 0.2) is 0 Å². The van der Waals surface area contributed by atoms with E-state index >= 15 is 0 Å². The van der Waals surface area contributed by atoms with Crippen molar-refractivity contribution < 1.29 is 0 Å². The van der Waals surface area contributed by atoms with Crippen LogP contribution in [0.25, 0.3) is 10.4 Å². The molecule has 0 amide bonds. The topological polar surface area (TPSA) is 38.9 Å². The number of nitrogens with zero attached hydrogens (tertiary/aromatic N) is 1. The molecule has 1 aromatic heterocycles. The minimum Gasteiger partial charge on any atom is -0.325 e. The first-order chi connectivity index (χ1) is 7.61. The van der Waals surface area contributed by atoms with Crippen molar-refractivity contribution in [2.75, 3.05) is 0 Å². The maximum absolute atomic E-state index is 5.60. The molecular formula is C12H13BrN2S. The molecule has 0 saturated heterocycles. The third-order valence-corrected chi connectivity index (χ3v) is 4.38. The number of aryl methyl sites for hydroxylation is 2. The molecule has 0 spiro atoms. The summed E-state index contributed by atoms with van der Waals surface area (Å²) < 4.78 is 0.893. The smallest absolute Gasteiger partial charge is 0.125 e. The summed E-state index contributed by atoms with van der Waals surface area (Å²) in [6.45, 7) is 4.72. The van der Waals surface area contributed by atoms with Crippen molar-refractivity contribution in [1.29, 1.82) is 0 Å². The molecule has 0 fully saturated rings. The SMILES string of the molecule is Cc1ccc(-c2sc(CN)nc2Br)c(C)c1. The van der Waals surface area contributed by atoms with E-state index < -0.39 is 0 Å². The second-order valence-electron chi connectivity index (χ2n) is 3.75. The summed E-state index contributed by atoms with van der Waals surface area (Å²) in [5.74, 6) is 0. The summed E-state index contributed by atoms with van der Waals surface area (Å²) >= 11 is 5.14. The van der Waals surface area contributed by atoms with Crippen LogP contribution in [0.3, 0.4) is 0 Å². The van der Waals surface area contributed by atoms with Gasteiger partial charge in [-0.25, -0.2) is 4.98 Å². The van der Waals surface area contributed by atoms with Crippen LogP contribution >= 0.6 is 27.3 Å². The number of rotatable bonds is 2. The fourth-order valence-corrected chi connectivity index (χ4v) is 3.38. The lowest BCUT2D eigenvalue weighted by molar-refractivity contribution is 1.03. The Labute approximate surface area is 108 Å². The minimum absolute atomic E-state index is 0.494. The van der Waals surface area contributed by atoms with E-state index in [0.717, 1.165) is 14.5 Å². The van der Waals surface area contributed by atoms with Crippen LogP contribution in [-0.2, 0) is 6.54 Å². The molecule has 2 rings (SSSR count). The molecule has 1 aromatic carbocycles. The highest BCUT2D eigenvalue weighted by Crippen LogP contribution is 2.35. The van der Waals surface area contributed by atoms with Crippen LogP contribution in [0.2, 0.25) is 0 Å². The molecule has 0 radical (unpaired) electrons. The van der Waals surface area contributed by atoms with Crippen LogP contribution in [0.1, 0.15) is 16.1 Å². The average molecular weight is 297 g/mol. The maximum atomic E-state index is 5.60. The predicted molar refractivity (Wildman–Crippen MR) is 72.6 cm³/mol. The van der Waals surface area contributed by atoms with E-state index in [1.807, 2.05) is 0 Å². The summed E-state index contributed by atoms with van der Waals surface area (Å²) in [6, 6.07) is 6.45. The van der Waals surface area contributed by atoms with Gasteiger partial charge < -0.3 is 5.73 Å². The van der Waals surface area contributed by atoms with E-state index in [4.69, 9.17) is 5.73 Å². The largest absolute Gasteiger partial charge is 0.325 e. The van der Waals surface area contributed by atoms with Crippen molar-refractivity contribution in [3.05, 3.63) is 38.9 Å². The Kier molecular flexibility index (Phi) is 3.42. The molecule has 2 aromatic rings. The van der Waals surface area contributed by atoms with Gasteiger partial charge in [0, 0.05) is 6.54 Å². The highest BCUT2D eigenvalue weighted by Gasteiger charge is 2.11. The normalized spacial score (nSPS) is 10.8. The van der Waals surface area contributed by atoms with Crippen molar-refractivity contribution in [3.8, 4) is 10.4 Å². The van der Waals surface area contributed by atoms with Crippen molar-refractivity contribution in [2.24, 2.45) is 5.73 Å². The number of hydrogen-bond donors (Lipinski definition) is 1. The number of thiazole rings is 1. The molecule has 0 aliphatic heterocycles. The Morgan fingerprint density at radius 3 is 2.69 bits per heavy atom. The van der Waals surface area contributed by atoms with Crippen LogP contribution in [0.15, 0.2) is 22.8 Å². The first-order valence-corrected chi connectivity index (χ1v) is 6.65. The summed E-state index contributed by atoms with van der Waals surface area (Å²) in [6.07, 6.45) is 0. The van der Waals surface area contributed by atoms with Gasteiger partial charge in [-0.1, -0.05) is 23.8 Å². The Balaban J connectivity index is 2.53. The molecular weight excluding hydrogens is 284 g/mol. The van der Waals surface area contributed by atoms with Crippen LogP contribution in [0, 0.1) is 13.8 Å². The summed E-state index contributed by atoms with van der Waals surface area (Å²) in [5, 5.41) is 0.960. The Morgan fingerprint density at radius 1 is 1.38 bits per heavy atom. The van der Waals surface area contributed by atoms with Gasteiger partial charge >= 0.3 is 0 Å². The second-order valence-corrected chi connectivity index (χ2v) is 5.58. The quantitative estimate of drug-likeness (QED) is 0.919. The molecule has 0 atom stereocenters. The summed E-state index contributed by atoms with van der Waals surface area (Å²) in [4.78, 5) is 5.54. The lowest BCUT2D eigenvalue weighted by Crippen LogP contribution is -1.93. The molecule has 0 unspecified atom stereocenters. The zero-order chi connectivity index (χ0) is 11.7. The molecule has 2 nitrogen and oxygen atoms in total. The fraction of sp³-hybridized carbons (Fsp3) is 0.250. The Hall–Kier alpha value is -0.710. The summed E-state index contributed by atoms with van der Waals surface area (Å²) in [5.41, 5.74) is 9.38. The van der Waals surface area contributed by atoms with E-state index in [1.165, 1.54) is 16.7 Å². The number of hydrogen-bond acceptors (Lipinski definition) is 3. The van der Waals surface area contributed by atoms with Gasteiger partial charge in [-0.15, -0.1) is 11.3 Å². The highest BCUT2D eigenvalue weighted by molar-refractivity contribution is 9.10. The molecule has 0 aliphatic carbocycles. The van der Waals surface area contributed by atoms with Crippen LogP contribution in [0.5, 0.6) is 0 Å². The van der Waals surface area contributed by atoms with E-state index in [1.54, 1.807) is 11.3 Å². The predicted octanol–water partition coefficient (Wildman–Crippen LogP) is 3.65. The van der Waals surface area contributed by atoms with E-state index in [0.29, 0.717) is 6.54 Å². The standard InChI is InChI=1S/C12H13BrN2S/c1-7-3-4-9(8(2)5-7)11-12(13)15-10(6-14)16-11/h3-5H,6,14H2,1-2H3. The molecule has 84 valence electrons. The zero-order valence-electron chi connectivity index (χ0n) is 9.25. The van der Waals surface area contributed by atoms with Gasteiger partial charge in [0.25, 0.3) is 0 Å². The van der Waals surface area contributed by atoms with Gasteiger partial charge in [-0.3, -0.25) is 0 Å². The van der Waals surface area contributed by atoms with Gasteiger partial charge in [-0.2, -0.15) is 0 Å². The average Bonchev–Trinajstić information content (AvgIpc) is 2.60. The van der Waals surface area contributed by atoms with Crippen molar-refractivity contribution in [2.45, 2.75) is 20.4 Å². The van der Waals surface area contributed by atoms with Crippen molar-refractivity contribution in [1.82, 2.24) is 4.98 Å². The monoisotopic (exact) mass is 296 g/mol. The fourth-order valence-electron chi connectivity index (χ4n) is 1.66. The molecule has 2 N–H and O–H groups in total. The van der Waals surface area contributed by atoms with Gasteiger partial charge in [-0.05, 0) is 40.9 Å². The molecule has 16 heavy (non-hydrogen) atoms. The Bertz CT molecular complexity index is 520. The van der Waals surface area contributed by atoms with Gasteiger partial charge in [0.2, 0.25) is 0 Å². The molecule has 0 bridgehead atoms. The molecule has 0 saturated carbocycles. The van der Waals surface area contributed by atoms with Crippen LogP contribution in [0.4, 0.5) is 0 Å². The lowest BCUT2D eigenvalue weighted by atomic mass is 10.1. The summed E-state index contributed by atoms with van der Waals surface area (Å²) in [7, 11) is 0. The number of nitrogens with two attached hydrogens (primary N) is 1. The van der Waals surface area contributed by atoms with E-state index in [2.05, 4.69) is 53.0 Å². The second kappa shape index (κ2) is 4.65. The number of aromatic nitrogens is 1. The van der Waals surface area contributed by atoms with Crippen LogP contribution < -0.4 is 5.73 Å². The van der Waals surface area contributed by atoms with Crippen LogP contribution in [-0.4, -0.2) is 4.98 Å². The van der Waals surface area contributed by atoms with E-state index in [9.17, 15) is 0 Å². The molecule has 0 aliphatic rings. The van der Waals surface area contributed by atoms with Gasteiger partial charge in [0.1, 0.15) is 9.61 Å². The third-order valence-electron chi connectivity index (χ3n) is 2.43. The zero-order valence-corrected chi connectivity index (χ0v) is 11.7. The maximum Gasteiger partial charge on any atom is 0.125 e. The first-order valence-electron chi connectivity index (χ1n) is 5.04. The minimum atomic E-state index is 0.494. The third kappa shape index (κ3) is 2.19. The van der Waals surface area contributed by atoms with Crippen molar-refractivity contribution >= 4 is 27.3 Å². The lowest BCUT2D eigenvalue weighted by Gasteiger charge is -2.04. The highest BCUT2D eigenvalue weighted by atomic mass is 79.9. The molecule has 4 heteroatoms. The number of halogens is 1.